The van der Waals surface area contributed by atoms with Crippen molar-refractivity contribution in [3.8, 4) is 6.07 Å². The number of esters is 1. The Morgan fingerprint density at radius 2 is 2.28 bits per heavy atom. The van der Waals surface area contributed by atoms with Crippen molar-refractivity contribution < 1.29 is 13.9 Å². The predicted molar refractivity (Wildman–Crippen MR) is 64.0 cm³/mol. The average Bonchev–Trinajstić information content (AvgIpc) is 2.35. The molecule has 0 radical (unpaired) electrons. The quantitative estimate of drug-likeness (QED) is 0.808. The van der Waals surface area contributed by atoms with Crippen molar-refractivity contribution in [3.63, 3.8) is 0 Å². The van der Waals surface area contributed by atoms with E-state index in [0.717, 1.165) is 6.07 Å². The number of nitriles is 1. The van der Waals surface area contributed by atoms with E-state index < -0.39 is 11.9 Å². The summed E-state index contributed by atoms with van der Waals surface area (Å²) in [6, 6.07) is 5.47. The Labute approximate surface area is 105 Å². The molecule has 0 heterocycles. The van der Waals surface area contributed by atoms with E-state index in [2.05, 4.69) is 5.32 Å². The van der Waals surface area contributed by atoms with E-state index in [1.807, 2.05) is 6.07 Å². The lowest BCUT2D eigenvalue weighted by Crippen LogP contribution is -2.34. The van der Waals surface area contributed by atoms with Crippen molar-refractivity contribution in [1.29, 1.82) is 5.26 Å². The summed E-state index contributed by atoms with van der Waals surface area (Å²) in [6.45, 7) is 4.02. The zero-order valence-corrected chi connectivity index (χ0v) is 10.4. The number of hydrogen-bond acceptors (Lipinski definition) is 4. The lowest BCUT2D eigenvalue weighted by Gasteiger charge is -2.12. The number of nitrogens with zero attached hydrogens (tertiary/aromatic N) is 1. The minimum Gasteiger partial charge on any atom is -0.465 e. The van der Waals surface area contributed by atoms with Crippen LogP contribution in [0.2, 0.25) is 0 Å². The molecule has 0 aliphatic heterocycles. The molecule has 5 heteroatoms. The van der Waals surface area contributed by atoms with Crippen LogP contribution in [0.25, 0.3) is 0 Å². The number of halogens is 1. The maximum atomic E-state index is 13.1. The highest BCUT2D eigenvalue weighted by atomic mass is 19.1. The largest absolute Gasteiger partial charge is 0.465 e. The van der Waals surface area contributed by atoms with Gasteiger partial charge in [0.05, 0.1) is 18.2 Å². The molecule has 0 aromatic heterocycles. The molecule has 18 heavy (non-hydrogen) atoms. The van der Waals surface area contributed by atoms with E-state index in [9.17, 15) is 9.18 Å². The Morgan fingerprint density at radius 3 is 2.89 bits per heavy atom. The molecule has 1 atom stereocenters. The highest BCUT2D eigenvalue weighted by Crippen LogP contribution is 2.08. The molecule has 0 aliphatic carbocycles. The number of hydrogen-bond donors (Lipinski definition) is 1. The van der Waals surface area contributed by atoms with Gasteiger partial charge in [0.15, 0.2) is 0 Å². The number of benzene rings is 1. The van der Waals surface area contributed by atoms with Gasteiger partial charge in [-0.05, 0) is 37.6 Å². The molecule has 1 aromatic carbocycles. The van der Waals surface area contributed by atoms with Gasteiger partial charge in [-0.1, -0.05) is 0 Å². The molecule has 96 valence electrons. The Hall–Kier alpha value is -1.93. The first-order chi connectivity index (χ1) is 8.56. The predicted octanol–water partition coefficient (Wildman–Crippen LogP) is 1.74. The Balaban J connectivity index is 2.61. The molecule has 0 saturated heterocycles. The van der Waals surface area contributed by atoms with Crippen LogP contribution in [0, 0.1) is 17.1 Å². The van der Waals surface area contributed by atoms with Gasteiger partial charge < -0.3 is 10.1 Å². The number of carbonyl (C=O) groups excluding carboxylic acids is 1. The Kier molecular flexibility index (Phi) is 5.28. The molecule has 0 spiro atoms. The molecule has 0 bridgehead atoms. The van der Waals surface area contributed by atoms with Crippen LogP contribution in [0.4, 0.5) is 4.39 Å². The van der Waals surface area contributed by atoms with Crippen LogP contribution in [0.1, 0.15) is 25.0 Å². The number of nitrogens with one attached hydrogen (secondary N) is 1. The zero-order chi connectivity index (χ0) is 13.5. The molecule has 4 nitrogen and oxygen atoms in total. The summed E-state index contributed by atoms with van der Waals surface area (Å²) in [6.07, 6.45) is 0. The molecule has 1 rings (SSSR count). The third-order valence-corrected chi connectivity index (χ3v) is 2.34. The Morgan fingerprint density at radius 1 is 1.56 bits per heavy atom. The first kappa shape index (κ1) is 14.1. The molecular weight excluding hydrogens is 235 g/mol. The lowest BCUT2D eigenvalue weighted by molar-refractivity contribution is -0.145. The highest BCUT2D eigenvalue weighted by Gasteiger charge is 2.13. The van der Waals surface area contributed by atoms with Crippen LogP contribution in [0.5, 0.6) is 0 Å². The van der Waals surface area contributed by atoms with Crippen LogP contribution < -0.4 is 5.32 Å². The summed E-state index contributed by atoms with van der Waals surface area (Å²) in [5.41, 5.74) is 0.873. The first-order valence-electron chi connectivity index (χ1n) is 5.66. The summed E-state index contributed by atoms with van der Waals surface area (Å²) in [5, 5.41) is 11.6. The maximum Gasteiger partial charge on any atom is 0.322 e. The number of ether oxygens (including phenoxy) is 1. The third-order valence-electron chi connectivity index (χ3n) is 2.34. The van der Waals surface area contributed by atoms with Crippen LogP contribution in [0.15, 0.2) is 18.2 Å². The van der Waals surface area contributed by atoms with Gasteiger partial charge >= 0.3 is 5.97 Å². The summed E-state index contributed by atoms with van der Waals surface area (Å²) < 4.78 is 18.0. The van der Waals surface area contributed by atoms with Gasteiger partial charge in [0.25, 0.3) is 0 Å². The molecular formula is C13H15FN2O2. The molecule has 0 saturated carbocycles. The number of rotatable bonds is 5. The van der Waals surface area contributed by atoms with Gasteiger partial charge in [-0.15, -0.1) is 0 Å². The van der Waals surface area contributed by atoms with Crippen molar-refractivity contribution in [2.24, 2.45) is 0 Å². The van der Waals surface area contributed by atoms with E-state index in [0.29, 0.717) is 18.7 Å². The van der Waals surface area contributed by atoms with Gasteiger partial charge in [-0.2, -0.15) is 5.26 Å². The van der Waals surface area contributed by atoms with Crippen molar-refractivity contribution >= 4 is 5.97 Å². The van der Waals surface area contributed by atoms with E-state index in [1.165, 1.54) is 6.07 Å². The average molecular weight is 250 g/mol. The molecule has 0 amide bonds. The standard InChI is InChI=1S/C13H15FN2O2/c1-3-18-13(17)9(2)16-8-11-4-10(7-15)5-12(14)6-11/h4-6,9,16H,3,8H2,1-2H3. The minimum absolute atomic E-state index is 0.260. The van der Waals surface area contributed by atoms with E-state index >= 15 is 0 Å². The fraction of sp³-hybridized carbons (Fsp3) is 0.385. The third kappa shape index (κ3) is 4.15. The first-order valence-corrected chi connectivity index (χ1v) is 5.66. The fourth-order valence-electron chi connectivity index (χ4n) is 1.44. The van der Waals surface area contributed by atoms with Gasteiger partial charge in [0.1, 0.15) is 11.9 Å². The van der Waals surface area contributed by atoms with Crippen LogP contribution >= 0.6 is 0 Å². The van der Waals surface area contributed by atoms with Gasteiger partial charge in [-0.3, -0.25) is 4.79 Å². The van der Waals surface area contributed by atoms with E-state index in [1.54, 1.807) is 19.9 Å². The molecule has 0 fully saturated rings. The zero-order valence-electron chi connectivity index (χ0n) is 10.4. The minimum atomic E-state index is -0.473. The normalized spacial score (nSPS) is 11.7. The summed E-state index contributed by atoms with van der Waals surface area (Å²) in [5.74, 6) is -0.816. The van der Waals surface area contributed by atoms with Gasteiger partial charge in [0.2, 0.25) is 0 Å². The monoisotopic (exact) mass is 250 g/mol. The summed E-state index contributed by atoms with van der Waals surface area (Å²) in [4.78, 5) is 11.3. The van der Waals surface area contributed by atoms with Crippen molar-refractivity contribution in [1.82, 2.24) is 5.32 Å². The van der Waals surface area contributed by atoms with E-state index in [4.69, 9.17) is 10.00 Å². The smallest absolute Gasteiger partial charge is 0.322 e. The van der Waals surface area contributed by atoms with Gasteiger partial charge in [-0.25, -0.2) is 4.39 Å². The molecule has 1 N–H and O–H groups in total. The van der Waals surface area contributed by atoms with Crippen LogP contribution in [-0.4, -0.2) is 18.6 Å². The molecule has 1 aromatic rings. The highest BCUT2D eigenvalue weighted by molar-refractivity contribution is 5.75. The van der Waals surface area contributed by atoms with Crippen molar-refractivity contribution in [3.05, 3.63) is 35.1 Å². The Bertz CT molecular complexity index is 469. The van der Waals surface area contributed by atoms with Crippen molar-refractivity contribution in [2.75, 3.05) is 6.61 Å². The SMILES string of the molecule is CCOC(=O)C(C)NCc1cc(F)cc(C#N)c1. The van der Waals surface area contributed by atoms with Crippen molar-refractivity contribution in [2.45, 2.75) is 26.4 Å². The second-order valence-electron chi connectivity index (χ2n) is 3.81. The number of carbonyl (C=O) groups is 1. The van der Waals surface area contributed by atoms with Gasteiger partial charge in [0, 0.05) is 6.54 Å². The topological polar surface area (TPSA) is 62.1 Å². The molecule has 1 unspecified atom stereocenters. The molecule has 0 aliphatic rings. The van der Waals surface area contributed by atoms with Crippen LogP contribution in [-0.2, 0) is 16.1 Å². The van der Waals surface area contributed by atoms with E-state index in [-0.39, 0.29) is 11.5 Å². The second-order valence-corrected chi connectivity index (χ2v) is 3.81. The second kappa shape index (κ2) is 6.72. The lowest BCUT2D eigenvalue weighted by atomic mass is 10.1. The van der Waals surface area contributed by atoms with Crippen LogP contribution in [0.3, 0.4) is 0 Å². The summed E-state index contributed by atoms with van der Waals surface area (Å²) in [7, 11) is 0. The fourth-order valence-corrected chi connectivity index (χ4v) is 1.44. The summed E-state index contributed by atoms with van der Waals surface area (Å²) >= 11 is 0. The maximum absolute atomic E-state index is 13.1.